The highest BCUT2D eigenvalue weighted by atomic mass is 35.5. The number of carbonyl (C=O) groups excluding carboxylic acids is 1. The maximum absolute atomic E-state index is 11.9. The van der Waals surface area contributed by atoms with Gasteiger partial charge in [0.2, 0.25) is 0 Å². The summed E-state index contributed by atoms with van der Waals surface area (Å²) < 4.78 is 0. The van der Waals surface area contributed by atoms with Gasteiger partial charge in [-0.1, -0.05) is 18.5 Å². The lowest BCUT2D eigenvalue weighted by Gasteiger charge is -2.05. The van der Waals surface area contributed by atoms with Crippen molar-refractivity contribution in [3.63, 3.8) is 0 Å². The summed E-state index contributed by atoms with van der Waals surface area (Å²) in [5, 5.41) is 3.12. The Morgan fingerprint density at radius 1 is 1.50 bits per heavy atom. The summed E-state index contributed by atoms with van der Waals surface area (Å²) in [5.74, 6) is -0.177. The fraction of sp³-hybridized carbons (Fsp3) is 0.250. The van der Waals surface area contributed by atoms with Crippen LogP contribution in [0.2, 0.25) is 5.15 Å². The molecule has 0 spiro atoms. The number of aromatic nitrogens is 3. The number of hydrogen-bond acceptors (Lipinski definition) is 3. The van der Waals surface area contributed by atoms with Gasteiger partial charge in [0.15, 0.2) is 0 Å². The average molecular weight is 265 g/mol. The van der Waals surface area contributed by atoms with Crippen LogP contribution in [0.15, 0.2) is 24.7 Å². The number of rotatable bonds is 4. The van der Waals surface area contributed by atoms with Gasteiger partial charge in [-0.25, -0.2) is 9.97 Å². The van der Waals surface area contributed by atoms with Gasteiger partial charge in [-0.05, 0) is 18.6 Å². The summed E-state index contributed by atoms with van der Waals surface area (Å²) >= 11 is 5.87. The molecule has 0 fully saturated rings. The molecule has 1 amide bonds. The Balaban J connectivity index is 2.06. The molecule has 0 saturated heterocycles. The van der Waals surface area contributed by atoms with E-state index in [4.69, 9.17) is 11.6 Å². The van der Waals surface area contributed by atoms with Crippen molar-refractivity contribution in [1.82, 2.24) is 20.3 Å². The van der Waals surface area contributed by atoms with Crippen molar-refractivity contribution in [2.75, 3.05) is 0 Å². The van der Waals surface area contributed by atoms with Gasteiger partial charge in [0, 0.05) is 17.5 Å². The average Bonchev–Trinajstić information content (AvgIpc) is 2.88. The molecular weight excluding hydrogens is 252 g/mol. The minimum Gasteiger partial charge on any atom is -0.347 e. The van der Waals surface area contributed by atoms with Crippen molar-refractivity contribution in [3.05, 3.63) is 46.8 Å². The van der Waals surface area contributed by atoms with E-state index in [1.165, 1.54) is 0 Å². The Labute approximate surface area is 110 Å². The lowest BCUT2D eigenvalue weighted by atomic mass is 10.2. The maximum Gasteiger partial charge on any atom is 0.251 e. The second-order valence-electron chi connectivity index (χ2n) is 3.78. The smallest absolute Gasteiger partial charge is 0.251 e. The molecule has 5 nitrogen and oxygen atoms in total. The zero-order valence-corrected chi connectivity index (χ0v) is 10.7. The van der Waals surface area contributed by atoms with E-state index in [-0.39, 0.29) is 5.91 Å². The zero-order chi connectivity index (χ0) is 13.0. The van der Waals surface area contributed by atoms with Crippen LogP contribution in [-0.4, -0.2) is 20.9 Å². The number of H-pyrrole nitrogens is 1. The summed E-state index contributed by atoms with van der Waals surface area (Å²) in [6.45, 7) is 2.37. The summed E-state index contributed by atoms with van der Waals surface area (Å²) in [4.78, 5) is 22.8. The topological polar surface area (TPSA) is 70.7 Å². The number of nitrogens with zero attached hydrogens (tertiary/aromatic N) is 2. The number of carbonyl (C=O) groups is 1. The van der Waals surface area contributed by atoms with Crippen molar-refractivity contribution in [2.24, 2.45) is 0 Å². The molecule has 2 aromatic heterocycles. The number of halogens is 1. The molecular formula is C12H13ClN4O. The molecule has 94 valence electrons. The molecule has 0 aromatic carbocycles. The number of imidazole rings is 1. The molecule has 0 radical (unpaired) electrons. The number of aromatic amines is 1. The SMILES string of the molecule is CCc1cc(C(=O)NCc2cnc[nH]2)cc(Cl)n1. The molecule has 6 heteroatoms. The second kappa shape index (κ2) is 5.64. The Bertz CT molecular complexity index is 539. The predicted octanol–water partition coefficient (Wildman–Crippen LogP) is 1.95. The highest BCUT2D eigenvalue weighted by molar-refractivity contribution is 6.29. The molecule has 2 aromatic rings. The van der Waals surface area contributed by atoms with Crippen molar-refractivity contribution >= 4 is 17.5 Å². The van der Waals surface area contributed by atoms with Gasteiger partial charge in [-0.2, -0.15) is 0 Å². The first-order chi connectivity index (χ1) is 8.69. The van der Waals surface area contributed by atoms with Crippen molar-refractivity contribution in [1.29, 1.82) is 0 Å². The first kappa shape index (κ1) is 12.6. The normalized spacial score (nSPS) is 10.3. The fourth-order valence-corrected chi connectivity index (χ4v) is 1.75. The highest BCUT2D eigenvalue weighted by Crippen LogP contribution is 2.11. The molecule has 0 atom stereocenters. The van der Waals surface area contributed by atoms with Crippen LogP contribution in [0.25, 0.3) is 0 Å². The molecule has 0 aliphatic carbocycles. The lowest BCUT2D eigenvalue weighted by molar-refractivity contribution is 0.0950. The molecule has 2 N–H and O–H groups in total. The van der Waals surface area contributed by atoms with Gasteiger partial charge >= 0.3 is 0 Å². The quantitative estimate of drug-likeness (QED) is 0.829. The fourth-order valence-electron chi connectivity index (χ4n) is 1.52. The number of hydrogen-bond donors (Lipinski definition) is 2. The van der Waals surface area contributed by atoms with Gasteiger partial charge in [-0.15, -0.1) is 0 Å². The second-order valence-corrected chi connectivity index (χ2v) is 4.17. The van der Waals surface area contributed by atoms with E-state index in [1.54, 1.807) is 24.7 Å². The summed E-state index contributed by atoms with van der Waals surface area (Å²) in [5.41, 5.74) is 2.17. The van der Waals surface area contributed by atoms with Crippen LogP contribution < -0.4 is 5.32 Å². The molecule has 0 bridgehead atoms. The third-order valence-electron chi connectivity index (χ3n) is 2.47. The van der Waals surface area contributed by atoms with Crippen LogP contribution in [0.3, 0.4) is 0 Å². The van der Waals surface area contributed by atoms with Crippen LogP contribution in [0.4, 0.5) is 0 Å². The first-order valence-electron chi connectivity index (χ1n) is 5.61. The van der Waals surface area contributed by atoms with Crippen molar-refractivity contribution in [3.8, 4) is 0 Å². The standard InChI is InChI=1S/C12H13ClN4O/c1-2-9-3-8(4-11(13)17-9)12(18)15-6-10-5-14-7-16-10/h3-5,7H,2,6H2,1H3,(H,14,16)(H,15,18). The third-order valence-corrected chi connectivity index (χ3v) is 2.66. The van der Waals surface area contributed by atoms with E-state index in [1.807, 2.05) is 6.92 Å². The Kier molecular flexibility index (Phi) is 3.94. The van der Waals surface area contributed by atoms with E-state index in [9.17, 15) is 4.79 Å². The first-order valence-corrected chi connectivity index (χ1v) is 5.98. The molecule has 0 aliphatic rings. The van der Waals surface area contributed by atoms with E-state index < -0.39 is 0 Å². The van der Waals surface area contributed by atoms with Gasteiger partial charge in [0.1, 0.15) is 5.15 Å². The molecule has 2 rings (SSSR count). The minimum absolute atomic E-state index is 0.177. The number of amides is 1. The third kappa shape index (κ3) is 3.07. The molecule has 0 aliphatic heterocycles. The predicted molar refractivity (Wildman–Crippen MR) is 68.4 cm³/mol. The van der Waals surface area contributed by atoms with Crippen LogP contribution in [0.1, 0.15) is 28.7 Å². The van der Waals surface area contributed by atoms with E-state index in [2.05, 4.69) is 20.3 Å². The highest BCUT2D eigenvalue weighted by Gasteiger charge is 2.08. The lowest BCUT2D eigenvalue weighted by Crippen LogP contribution is -2.23. The Morgan fingerprint density at radius 2 is 2.33 bits per heavy atom. The van der Waals surface area contributed by atoms with Gasteiger partial charge in [-0.3, -0.25) is 4.79 Å². The number of aryl methyl sites for hydroxylation is 1. The van der Waals surface area contributed by atoms with Crippen LogP contribution in [-0.2, 0) is 13.0 Å². The van der Waals surface area contributed by atoms with Crippen molar-refractivity contribution < 1.29 is 4.79 Å². The maximum atomic E-state index is 11.9. The Hall–Kier alpha value is -1.88. The summed E-state index contributed by atoms with van der Waals surface area (Å²) in [7, 11) is 0. The number of nitrogens with one attached hydrogen (secondary N) is 2. The van der Waals surface area contributed by atoms with Gasteiger partial charge in [0.05, 0.1) is 18.6 Å². The van der Waals surface area contributed by atoms with E-state index in [0.29, 0.717) is 17.3 Å². The van der Waals surface area contributed by atoms with Gasteiger partial charge in [0.25, 0.3) is 5.91 Å². The van der Waals surface area contributed by atoms with Crippen LogP contribution >= 0.6 is 11.6 Å². The molecule has 0 unspecified atom stereocenters. The van der Waals surface area contributed by atoms with E-state index in [0.717, 1.165) is 17.8 Å². The van der Waals surface area contributed by atoms with Gasteiger partial charge < -0.3 is 10.3 Å². The van der Waals surface area contributed by atoms with E-state index >= 15 is 0 Å². The number of pyridine rings is 1. The molecule has 0 saturated carbocycles. The molecule has 2 heterocycles. The monoisotopic (exact) mass is 264 g/mol. The summed E-state index contributed by atoms with van der Waals surface area (Å²) in [6, 6.07) is 3.30. The Morgan fingerprint density at radius 3 is 3.00 bits per heavy atom. The zero-order valence-electron chi connectivity index (χ0n) is 9.90. The van der Waals surface area contributed by atoms with Crippen molar-refractivity contribution in [2.45, 2.75) is 19.9 Å². The largest absolute Gasteiger partial charge is 0.347 e. The summed E-state index contributed by atoms with van der Waals surface area (Å²) in [6.07, 6.45) is 3.97. The van der Waals surface area contributed by atoms with Crippen LogP contribution in [0, 0.1) is 0 Å². The minimum atomic E-state index is -0.177. The molecule has 18 heavy (non-hydrogen) atoms. The van der Waals surface area contributed by atoms with Crippen LogP contribution in [0.5, 0.6) is 0 Å².